The van der Waals surface area contributed by atoms with E-state index in [2.05, 4.69) is 10.2 Å². The predicted molar refractivity (Wildman–Crippen MR) is 84.3 cm³/mol. The van der Waals surface area contributed by atoms with Crippen LogP contribution in [0.1, 0.15) is 17.7 Å². The second-order valence-corrected chi connectivity index (χ2v) is 5.79. The SMILES string of the molecule is CSCCC(Oc1ccc(C)cc1)(C(N)=O)c1cc[nH]n1. The second-order valence-electron chi connectivity index (χ2n) is 4.81. The molecular weight excluding hydrogens is 286 g/mol. The summed E-state index contributed by atoms with van der Waals surface area (Å²) in [5.74, 6) is 0.800. The van der Waals surface area contributed by atoms with Crippen molar-refractivity contribution in [3.63, 3.8) is 0 Å². The number of hydrogen-bond donors (Lipinski definition) is 2. The van der Waals surface area contributed by atoms with Crippen molar-refractivity contribution in [1.29, 1.82) is 0 Å². The Bertz CT molecular complexity index is 583. The van der Waals surface area contributed by atoms with Crippen molar-refractivity contribution in [1.82, 2.24) is 10.2 Å². The van der Waals surface area contributed by atoms with E-state index in [0.717, 1.165) is 11.3 Å². The molecule has 0 radical (unpaired) electrons. The molecule has 0 saturated carbocycles. The van der Waals surface area contributed by atoms with E-state index in [9.17, 15) is 4.79 Å². The highest BCUT2D eigenvalue weighted by atomic mass is 32.2. The van der Waals surface area contributed by atoms with E-state index in [-0.39, 0.29) is 0 Å². The summed E-state index contributed by atoms with van der Waals surface area (Å²) in [5.41, 5.74) is 6.03. The van der Waals surface area contributed by atoms with Crippen LogP contribution in [-0.4, -0.2) is 28.1 Å². The Morgan fingerprint density at radius 3 is 2.62 bits per heavy atom. The van der Waals surface area contributed by atoms with Crippen molar-refractivity contribution in [3.05, 3.63) is 47.8 Å². The van der Waals surface area contributed by atoms with Crippen LogP contribution < -0.4 is 10.5 Å². The van der Waals surface area contributed by atoms with Gasteiger partial charge >= 0.3 is 0 Å². The van der Waals surface area contributed by atoms with Crippen LogP contribution in [-0.2, 0) is 10.4 Å². The third-order valence-electron chi connectivity index (χ3n) is 3.28. The first-order valence-electron chi connectivity index (χ1n) is 6.63. The minimum absolute atomic E-state index is 0.461. The van der Waals surface area contributed by atoms with Crippen molar-refractivity contribution < 1.29 is 9.53 Å². The zero-order chi connectivity index (χ0) is 15.3. The van der Waals surface area contributed by atoms with Gasteiger partial charge in [0.05, 0.1) is 0 Å². The number of aromatic amines is 1. The predicted octanol–water partition coefficient (Wildman–Crippen LogP) is 2.23. The quantitative estimate of drug-likeness (QED) is 0.822. The van der Waals surface area contributed by atoms with E-state index in [0.29, 0.717) is 17.9 Å². The smallest absolute Gasteiger partial charge is 0.268 e. The molecular formula is C15H19N3O2S. The highest BCUT2D eigenvalue weighted by Gasteiger charge is 2.42. The van der Waals surface area contributed by atoms with Crippen LogP contribution >= 0.6 is 11.8 Å². The van der Waals surface area contributed by atoms with E-state index in [1.807, 2.05) is 37.4 Å². The van der Waals surface area contributed by atoms with Crippen molar-refractivity contribution in [3.8, 4) is 5.75 Å². The standard InChI is InChI=1S/C15H19N3O2S/c1-11-3-5-12(6-4-11)20-15(14(16)19,8-10-21-2)13-7-9-17-18-13/h3-7,9H,8,10H2,1-2H3,(H2,16,19)(H,17,18). The Morgan fingerprint density at radius 2 is 2.10 bits per heavy atom. The summed E-state index contributed by atoms with van der Waals surface area (Å²) in [4.78, 5) is 12.1. The molecule has 0 aliphatic rings. The number of nitrogens with one attached hydrogen (secondary N) is 1. The molecule has 1 atom stereocenters. The second kappa shape index (κ2) is 6.67. The molecule has 2 rings (SSSR count). The number of aromatic nitrogens is 2. The maximum Gasteiger partial charge on any atom is 0.268 e. The number of amides is 1. The number of ether oxygens (including phenoxy) is 1. The van der Waals surface area contributed by atoms with Gasteiger partial charge in [-0.1, -0.05) is 17.7 Å². The third kappa shape index (κ3) is 3.39. The fourth-order valence-electron chi connectivity index (χ4n) is 2.07. The number of primary amides is 1. The molecule has 1 amide bonds. The molecule has 1 unspecified atom stereocenters. The largest absolute Gasteiger partial charge is 0.471 e. The lowest BCUT2D eigenvalue weighted by molar-refractivity contribution is -0.135. The summed E-state index contributed by atoms with van der Waals surface area (Å²) < 4.78 is 5.99. The number of nitrogens with zero attached hydrogens (tertiary/aromatic N) is 1. The van der Waals surface area contributed by atoms with Crippen LogP contribution in [0.3, 0.4) is 0 Å². The van der Waals surface area contributed by atoms with Gasteiger partial charge in [-0.2, -0.15) is 16.9 Å². The lowest BCUT2D eigenvalue weighted by atomic mass is 9.95. The Balaban J connectivity index is 2.38. The first-order chi connectivity index (χ1) is 10.1. The highest BCUT2D eigenvalue weighted by Crippen LogP contribution is 2.31. The van der Waals surface area contributed by atoms with Crippen LogP contribution in [0.5, 0.6) is 5.75 Å². The maximum absolute atomic E-state index is 12.1. The van der Waals surface area contributed by atoms with Gasteiger partial charge in [-0.3, -0.25) is 9.89 Å². The molecule has 1 aromatic heterocycles. The van der Waals surface area contributed by atoms with Crippen LogP contribution in [0, 0.1) is 6.92 Å². The van der Waals surface area contributed by atoms with Crippen LogP contribution in [0.25, 0.3) is 0 Å². The molecule has 0 saturated heterocycles. The van der Waals surface area contributed by atoms with E-state index in [1.165, 1.54) is 0 Å². The highest BCUT2D eigenvalue weighted by molar-refractivity contribution is 7.98. The average Bonchev–Trinajstić information content (AvgIpc) is 3.00. The summed E-state index contributed by atoms with van der Waals surface area (Å²) in [6, 6.07) is 9.25. The molecule has 5 nitrogen and oxygen atoms in total. The number of nitrogens with two attached hydrogens (primary N) is 1. The number of aryl methyl sites for hydroxylation is 1. The van der Waals surface area contributed by atoms with Gasteiger partial charge in [-0.05, 0) is 37.1 Å². The minimum Gasteiger partial charge on any atom is -0.471 e. The zero-order valence-corrected chi connectivity index (χ0v) is 12.9. The molecule has 1 aromatic carbocycles. The number of benzene rings is 1. The molecule has 112 valence electrons. The summed E-state index contributed by atoms with van der Waals surface area (Å²) >= 11 is 1.63. The maximum atomic E-state index is 12.1. The van der Waals surface area contributed by atoms with E-state index in [1.54, 1.807) is 24.0 Å². The molecule has 0 bridgehead atoms. The van der Waals surface area contributed by atoms with Crippen molar-refractivity contribution in [2.75, 3.05) is 12.0 Å². The van der Waals surface area contributed by atoms with Crippen molar-refractivity contribution in [2.45, 2.75) is 18.9 Å². The molecule has 0 fully saturated rings. The van der Waals surface area contributed by atoms with Gasteiger partial charge in [0, 0.05) is 12.6 Å². The van der Waals surface area contributed by atoms with Crippen molar-refractivity contribution in [2.24, 2.45) is 5.73 Å². The Kier molecular flexibility index (Phi) is 4.90. The van der Waals surface area contributed by atoms with Crippen molar-refractivity contribution >= 4 is 17.7 Å². The number of thioether (sulfide) groups is 1. The summed E-state index contributed by atoms with van der Waals surface area (Å²) in [6.07, 6.45) is 4.09. The van der Waals surface area contributed by atoms with E-state index < -0.39 is 11.5 Å². The van der Waals surface area contributed by atoms with Crippen LogP contribution in [0.4, 0.5) is 0 Å². The van der Waals surface area contributed by atoms with Gasteiger partial charge in [0.1, 0.15) is 11.4 Å². The van der Waals surface area contributed by atoms with Crippen LogP contribution in [0.2, 0.25) is 0 Å². The molecule has 1 heterocycles. The summed E-state index contributed by atoms with van der Waals surface area (Å²) in [5, 5.41) is 6.83. The lowest BCUT2D eigenvalue weighted by Crippen LogP contribution is -2.47. The van der Waals surface area contributed by atoms with Gasteiger partial charge < -0.3 is 10.5 Å². The number of carbonyl (C=O) groups excluding carboxylic acids is 1. The molecule has 0 aliphatic carbocycles. The fraction of sp³-hybridized carbons (Fsp3) is 0.333. The first-order valence-corrected chi connectivity index (χ1v) is 8.02. The van der Waals surface area contributed by atoms with Crippen LogP contribution in [0.15, 0.2) is 36.5 Å². The molecule has 2 aromatic rings. The monoisotopic (exact) mass is 305 g/mol. The van der Waals surface area contributed by atoms with Gasteiger partial charge in [-0.25, -0.2) is 0 Å². The van der Waals surface area contributed by atoms with E-state index in [4.69, 9.17) is 10.5 Å². The number of rotatable bonds is 7. The lowest BCUT2D eigenvalue weighted by Gasteiger charge is -2.29. The van der Waals surface area contributed by atoms with Gasteiger partial charge in [0.2, 0.25) is 5.60 Å². The number of carbonyl (C=O) groups is 1. The third-order valence-corrected chi connectivity index (χ3v) is 3.90. The van der Waals surface area contributed by atoms with Gasteiger partial charge in [0.15, 0.2) is 0 Å². The summed E-state index contributed by atoms with van der Waals surface area (Å²) in [7, 11) is 0. The fourth-order valence-corrected chi connectivity index (χ4v) is 2.56. The first kappa shape index (κ1) is 15.4. The Morgan fingerprint density at radius 1 is 1.38 bits per heavy atom. The molecule has 0 spiro atoms. The van der Waals surface area contributed by atoms with Gasteiger partial charge in [-0.15, -0.1) is 0 Å². The zero-order valence-electron chi connectivity index (χ0n) is 12.1. The molecule has 21 heavy (non-hydrogen) atoms. The van der Waals surface area contributed by atoms with E-state index >= 15 is 0 Å². The minimum atomic E-state index is -1.25. The number of H-pyrrole nitrogens is 1. The molecule has 6 heteroatoms. The molecule has 0 aliphatic heterocycles. The average molecular weight is 305 g/mol. The van der Waals surface area contributed by atoms with Gasteiger partial charge in [0.25, 0.3) is 5.91 Å². The Labute approximate surface area is 128 Å². The molecule has 3 N–H and O–H groups in total. The number of hydrogen-bond acceptors (Lipinski definition) is 4. The topological polar surface area (TPSA) is 81.0 Å². The Hall–Kier alpha value is -1.95. The summed E-state index contributed by atoms with van der Waals surface area (Å²) in [6.45, 7) is 1.99. The normalized spacial score (nSPS) is 13.6.